The standard InChI is InChI=1S/C19H25N3O5/c1-3-4-8-15(18(24)25)21-17(23)14(20)10-12-11-22(19(26)27-2)16-9-6-5-7-13(12)16/h5-7,9,11,14-15H,3-4,8,10,20H2,1-2H3,(H,21,23)(H,24,25)/t14-,15+/m0/s1. The second kappa shape index (κ2) is 9.18. The molecule has 0 saturated carbocycles. The summed E-state index contributed by atoms with van der Waals surface area (Å²) in [5, 5.41) is 12.5. The Kier molecular flexibility index (Phi) is 6.95. The van der Waals surface area contributed by atoms with Gasteiger partial charge in [0.15, 0.2) is 0 Å². The fourth-order valence-electron chi connectivity index (χ4n) is 2.94. The van der Waals surface area contributed by atoms with E-state index in [1.165, 1.54) is 11.7 Å². The van der Waals surface area contributed by atoms with Crippen LogP contribution in [0, 0.1) is 0 Å². The van der Waals surface area contributed by atoms with E-state index < -0.39 is 30.1 Å². The van der Waals surface area contributed by atoms with Crippen LogP contribution in [0.15, 0.2) is 30.5 Å². The number of carboxylic acids is 1. The molecule has 0 radical (unpaired) electrons. The number of nitrogens with one attached hydrogen (secondary N) is 1. The first-order valence-electron chi connectivity index (χ1n) is 8.85. The Hall–Kier alpha value is -2.87. The Morgan fingerprint density at radius 3 is 2.63 bits per heavy atom. The van der Waals surface area contributed by atoms with Crippen molar-refractivity contribution in [3.05, 3.63) is 36.0 Å². The van der Waals surface area contributed by atoms with E-state index >= 15 is 0 Å². The van der Waals surface area contributed by atoms with Crippen LogP contribution < -0.4 is 11.1 Å². The molecule has 2 rings (SSSR count). The lowest BCUT2D eigenvalue weighted by Gasteiger charge is -2.17. The lowest BCUT2D eigenvalue weighted by atomic mass is 10.0. The van der Waals surface area contributed by atoms with Crippen molar-refractivity contribution in [3.8, 4) is 0 Å². The summed E-state index contributed by atoms with van der Waals surface area (Å²) >= 11 is 0. The van der Waals surface area contributed by atoms with E-state index in [4.69, 9.17) is 10.5 Å². The number of nitrogens with two attached hydrogens (primary N) is 1. The van der Waals surface area contributed by atoms with E-state index in [0.29, 0.717) is 23.9 Å². The van der Waals surface area contributed by atoms with Crippen molar-refractivity contribution in [2.45, 2.75) is 44.7 Å². The zero-order chi connectivity index (χ0) is 20.0. The predicted octanol–water partition coefficient (Wildman–Crippen LogP) is 1.89. The second-order valence-electron chi connectivity index (χ2n) is 6.36. The van der Waals surface area contributed by atoms with Gasteiger partial charge in [0.2, 0.25) is 5.91 Å². The van der Waals surface area contributed by atoms with Gasteiger partial charge >= 0.3 is 12.1 Å². The number of ether oxygens (including phenoxy) is 1. The van der Waals surface area contributed by atoms with Crippen LogP contribution in [-0.2, 0) is 20.7 Å². The summed E-state index contributed by atoms with van der Waals surface area (Å²) in [6, 6.07) is 5.32. The van der Waals surface area contributed by atoms with Gasteiger partial charge in [-0.3, -0.25) is 9.36 Å². The van der Waals surface area contributed by atoms with Crippen LogP contribution in [-0.4, -0.2) is 46.8 Å². The molecule has 0 aliphatic heterocycles. The second-order valence-corrected chi connectivity index (χ2v) is 6.36. The molecule has 0 saturated heterocycles. The Balaban J connectivity index is 2.17. The number of benzene rings is 1. The van der Waals surface area contributed by atoms with Gasteiger partial charge in [-0.2, -0.15) is 0 Å². The molecule has 0 spiro atoms. The highest BCUT2D eigenvalue weighted by atomic mass is 16.5. The average Bonchev–Trinajstić information content (AvgIpc) is 3.02. The minimum Gasteiger partial charge on any atom is -0.480 e. The Morgan fingerprint density at radius 2 is 2.00 bits per heavy atom. The van der Waals surface area contributed by atoms with Gasteiger partial charge in [-0.15, -0.1) is 0 Å². The molecule has 1 amide bonds. The largest absolute Gasteiger partial charge is 0.480 e. The highest BCUT2D eigenvalue weighted by molar-refractivity contribution is 5.93. The molecule has 146 valence electrons. The van der Waals surface area contributed by atoms with Crippen LogP contribution in [0.25, 0.3) is 10.9 Å². The van der Waals surface area contributed by atoms with E-state index in [0.717, 1.165) is 11.8 Å². The van der Waals surface area contributed by atoms with Crippen LogP contribution in [0.5, 0.6) is 0 Å². The molecule has 1 aromatic carbocycles. The fraction of sp³-hybridized carbons (Fsp3) is 0.421. The number of carbonyl (C=O) groups is 3. The van der Waals surface area contributed by atoms with Crippen molar-refractivity contribution in [2.75, 3.05) is 7.11 Å². The van der Waals surface area contributed by atoms with Crippen molar-refractivity contribution >= 4 is 28.9 Å². The molecule has 4 N–H and O–H groups in total. The summed E-state index contributed by atoms with van der Waals surface area (Å²) in [7, 11) is 1.29. The van der Waals surface area contributed by atoms with E-state index in [9.17, 15) is 19.5 Å². The third kappa shape index (κ3) is 4.85. The molecule has 2 atom stereocenters. The minimum absolute atomic E-state index is 0.163. The number of methoxy groups -OCH3 is 1. The molecule has 1 heterocycles. The Morgan fingerprint density at radius 1 is 1.30 bits per heavy atom. The molecule has 8 nitrogen and oxygen atoms in total. The molecule has 0 aliphatic rings. The number of aromatic nitrogens is 1. The third-order valence-corrected chi connectivity index (χ3v) is 4.40. The number of aliphatic carboxylic acids is 1. The first-order valence-corrected chi connectivity index (χ1v) is 8.85. The maximum atomic E-state index is 12.4. The smallest absolute Gasteiger partial charge is 0.418 e. The van der Waals surface area contributed by atoms with Crippen LogP contribution in [0.3, 0.4) is 0 Å². The van der Waals surface area contributed by atoms with E-state index in [2.05, 4.69) is 5.32 Å². The van der Waals surface area contributed by atoms with Crippen molar-refractivity contribution < 1.29 is 24.2 Å². The third-order valence-electron chi connectivity index (χ3n) is 4.40. The Bertz CT molecular complexity index is 830. The number of unbranched alkanes of at least 4 members (excludes halogenated alkanes) is 1. The molecule has 1 aromatic heterocycles. The number of para-hydroxylation sites is 1. The zero-order valence-corrected chi connectivity index (χ0v) is 15.5. The SMILES string of the molecule is CCCC[C@@H](NC(=O)[C@@H](N)Cc1cn(C(=O)OC)c2ccccc12)C(=O)O. The highest BCUT2D eigenvalue weighted by Crippen LogP contribution is 2.22. The molecule has 0 aliphatic carbocycles. The van der Waals surface area contributed by atoms with Gasteiger partial charge in [0, 0.05) is 11.6 Å². The average molecular weight is 375 g/mol. The number of fused-ring (bicyclic) bond motifs is 1. The molecular formula is C19H25N3O5. The van der Waals surface area contributed by atoms with E-state index in [1.54, 1.807) is 18.3 Å². The summed E-state index contributed by atoms with van der Waals surface area (Å²) in [6.07, 6.45) is 3.09. The van der Waals surface area contributed by atoms with Crippen LogP contribution in [0.2, 0.25) is 0 Å². The van der Waals surface area contributed by atoms with E-state index in [1.807, 2.05) is 19.1 Å². The van der Waals surface area contributed by atoms with Gasteiger partial charge in [0.05, 0.1) is 18.7 Å². The first kappa shape index (κ1) is 20.4. The van der Waals surface area contributed by atoms with Crippen LogP contribution in [0.1, 0.15) is 31.7 Å². The molecule has 27 heavy (non-hydrogen) atoms. The van der Waals surface area contributed by atoms with Gasteiger partial charge in [0.1, 0.15) is 6.04 Å². The number of nitrogens with zero attached hydrogens (tertiary/aromatic N) is 1. The lowest BCUT2D eigenvalue weighted by molar-refractivity contribution is -0.142. The first-order chi connectivity index (χ1) is 12.9. The van der Waals surface area contributed by atoms with Gasteiger partial charge < -0.3 is 20.9 Å². The summed E-state index contributed by atoms with van der Waals surface area (Å²) in [5.74, 6) is -1.61. The fourth-order valence-corrected chi connectivity index (χ4v) is 2.94. The highest BCUT2D eigenvalue weighted by Gasteiger charge is 2.24. The zero-order valence-electron chi connectivity index (χ0n) is 15.5. The number of hydrogen-bond donors (Lipinski definition) is 3. The number of hydrogen-bond acceptors (Lipinski definition) is 5. The minimum atomic E-state index is -1.08. The molecule has 0 bridgehead atoms. The van der Waals surface area contributed by atoms with Crippen LogP contribution in [0.4, 0.5) is 4.79 Å². The van der Waals surface area contributed by atoms with Crippen molar-refractivity contribution in [3.63, 3.8) is 0 Å². The molecular weight excluding hydrogens is 350 g/mol. The van der Waals surface area contributed by atoms with Gasteiger partial charge in [-0.1, -0.05) is 38.0 Å². The van der Waals surface area contributed by atoms with Gasteiger partial charge in [-0.05, 0) is 24.5 Å². The summed E-state index contributed by atoms with van der Waals surface area (Å²) < 4.78 is 6.13. The normalized spacial score (nSPS) is 13.1. The number of carboxylic acid groups (broad SMARTS) is 1. The summed E-state index contributed by atoms with van der Waals surface area (Å²) in [4.78, 5) is 35.6. The lowest BCUT2D eigenvalue weighted by Crippen LogP contribution is -2.49. The quantitative estimate of drug-likeness (QED) is 0.647. The number of amides is 1. The van der Waals surface area contributed by atoms with Crippen LogP contribution >= 0.6 is 0 Å². The summed E-state index contributed by atoms with van der Waals surface area (Å²) in [5.41, 5.74) is 7.36. The molecule has 2 aromatic rings. The van der Waals surface area contributed by atoms with Crippen molar-refractivity contribution in [1.29, 1.82) is 0 Å². The number of rotatable bonds is 8. The molecule has 8 heteroatoms. The van der Waals surface area contributed by atoms with E-state index in [-0.39, 0.29) is 6.42 Å². The predicted molar refractivity (Wildman–Crippen MR) is 101 cm³/mol. The maximum Gasteiger partial charge on any atom is 0.418 e. The monoisotopic (exact) mass is 375 g/mol. The molecule has 0 fully saturated rings. The van der Waals surface area contributed by atoms with Crippen molar-refractivity contribution in [2.24, 2.45) is 5.73 Å². The van der Waals surface area contributed by atoms with Gasteiger partial charge in [-0.25, -0.2) is 9.59 Å². The van der Waals surface area contributed by atoms with Crippen molar-refractivity contribution in [1.82, 2.24) is 9.88 Å². The summed E-state index contributed by atoms with van der Waals surface area (Å²) in [6.45, 7) is 1.95. The number of carbonyl (C=O) groups excluding carboxylic acids is 2. The maximum absolute atomic E-state index is 12.4. The topological polar surface area (TPSA) is 124 Å². The Labute approximate surface area is 157 Å². The molecule has 0 unspecified atom stereocenters. The van der Waals surface area contributed by atoms with Gasteiger partial charge in [0.25, 0.3) is 0 Å².